The van der Waals surface area contributed by atoms with Gasteiger partial charge >= 0.3 is 0 Å². The molecule has 0 unspecified atom stereocenters. The summed E-state index contributed by atoms with van der Waals surface area (Å²) < 4.78 is 30.6. The van der Waals surface area contributed by atoms with Crippen molar-refractivity contribution < 1.29 is 13.2 Å². The second kappa shape index (κ2) is 8.32. The predicted octanol–water partition coefficient (Wildman–Crippen LogP) is 3.98. The van der Waals surface area contributed by atoms with Crippen LogP contribution in [0.1, 0.15) is 5.56 Å². The molecule has 24 heavy (non-hydrogen) atoms. The summed E-state index contributed by atoms with van der Waals surface area (Å²) in [6.45, 7) is 3.92. The van der Waals surface area contributed by atoms with Gasteiger partial charge in [-0.3, -0.25) is 0 Å². The van der Waals surface area contributed by atoms with Crippen LogP contribution in [0.25, 0.3) is 0 Å². The summed E-state index contributed by atoms with van der Waals surface area (Å²) in [5.74, 6) is 0.563. The van der Waals surface area contributed by atoms with Crippen molar-refractivity contribution in [3.8, 4) is 5.75 Å². The molecule has 0 aliphatic heterocycles. The normalized spacial score (nSPS) is 11.4. The van der Waals surface area contributed by atoms with Gasteiger partial charge in [-0.1, -0.05) is 40.2 Å². The van der Waals surface area contributed by atoms with Gasteiger partial charge in [0.1, 0.15) is 12.4 Å². The Balaban J connectivity index is 2.17. The maximum atomic E-state index is 12.1. The lowest BCUT2D eigenvalue weighted by Crippen LogP contribution is -2.18. The fourth-order valence-electron chi connectivity index (χ4n) is 1.73. The van der Waals surface area contributed by atoms with E-state index in [1.54, 1.807) is 18.2 Å². The number of hydrazone groups is 1. The second-order valence-corrected chi connectivity index (χ2v) is 7.60. The van der Waals surface area contributed by atoms with Gasteiger partial charge in [0.2, 0.25) is 0 Å². The van der Waals surface area contributed by atoms with Crippen LogP contribution in [0, 0.1) is 0 Å². The number of ether oxygens (including phenoxy) is 1. The van der Waals surface area contributed by atoms with Crippen LogP contribution in [0.4, 0.5) is 0 Å². The molecule has 0 fully saturated rings. The lowest BCUT2D eigenvalue weighted by atomic mass is 10.2. The van der Waals surface area contributed by atoms with Gasteiger partial charge < -0.3 is 4.74 Å². The van der Waals surface area contributed by atoms with Gasteiger partial charge in [0.25, 0.3) is 10.0 Å². The average molecular weight is 430 g/mol. The molecule has 0 aromatic heterocycles. The van der Waals surface area contributed by atoms with Crippen molar-refractivity contribution in [1.29, 1.82) is 0 Å². The van der Waals surface area contributed by atoms with Crippen molar-refractivity contribution in [3.63, 3.8) is 0 Å². The third-order valence-electron chi connectivity index (χ3n) is 2.83. The molecule has 0 radical (unpaired) electrons. The first kappa shape index (κ1) is 18.5. The summed E-state index contributed by atoms with van der Waals surface area (Å²) in [7, 11) is -3.76. The SMILES string of the molecule is C=CCOc1ccc(Br)cc1/C=N/NS(=O)(=O)c1ccc(Cl)cc1. The maximum absolute atomic E-state index is 12.1. The molecule has 2 aromatic rings. The molecule has 0 amide bonds. The molecule has 126 valence electrons. The second-order valence-electron chi connectivity index (χ2n) is 4.59. The zero-order valence-corrected chi connectivity index (χ0v) is 15.6. The molecule has 0 heterocycles. The Bertz CT molecular complexity index is 852. The molecule has 1 N–H and O–H groups in total. The lowest BCUT2D eigenvalue weighted by molar-refractivity contribution is 0.362. The van der Waals surface area contributed by atoms with Gasteiger partial charge in [-0.25, -0.2) is 4.83 Å². The molecule has 0 bridgehead atoms. The van der Waals surface area contributed by atoms with Crippen LogP contribution in [-0.2, 0) is 10.0 Å². The van der Waals surface area contributed by atoms with Crippen molar-refractivity contribution in [2.45, 2.75) is 4.90 Å². The smallest absolute Gasteiger partial charge is 0.276 e. The van der Waals surface area contributed by atoms with Gasteiger partial charge in [0.15, 0.2) is 0 Å². The molecule has 0 spiro atoms. The van der Waals surface area contributed by atoms with E-state index in [-0.39, 0.29) is 4.90 Å². The van der Waals surface area contributed by atoms with Gasteiger partial charge in [0.05, 0.1) is 11.1 Å². The number of rotatable bonds is 7. The summed E-state index contributed by atoms with van der Waals surface area (Å²) >= 11 is 9.10. The molecule has 2 aromatic carbocycles. The Morgan fingerprint density at radius 1 is 1.25 bits per heavy atom. The standard InChI is InChI=1S/C16H14BrClN2O3S/c1-2-9-23-16-8-3-13(17)10-12(16)11-19-20-24(21,22)15-6-4-14(18)5-7-15/h2-8,10-11,20H,1,9H2/b19-11+. The van der Waals surface area contributed by atoms with E-state index in [2.05, 4.69) is 32.4 Å². The average Bonchev–Trinajstić information content (AvgIpc) is 2.54. The number of nitrogens with zero attached hydrogens (tertiary/aromatic N) is 1. The van der Waals surface area contributed by atoms with Crippen LogP contribution in [0.2, 0.25) is 5.02 Å². The highest BCUT2D eigenvalue weighted by molar-refractivity contribution is 9.10. The van der Waals surface area contributed by atoms with Crippen LogP contribution in [-0.4, -0.2) is 21.2 Å². The summed E-state index contributed by atoms with van der Waals surface area (Å²) in [5.41, 5.74) is 0.616. The van der Waals surface area contributed by atoms with Crippen LogP contribution in [0.5, 0.6) is 5.75 Å². The zero-order valence-electron chi connectivity index (χ0n) is 12.4. The van der Waals surface area contributed by atoms with Gasteiger partial charge in [0, 0.05) is 15.1 Å². The largest absolute Gasteiger partial charge is 0.489 e. The van der Waals surface area contributed by atoms with E-state index in [9.17, 15) is 8.42 Å². The molecule has 2 rings (SSSR count). The Hall–Kier alpha value is -1.83. The molecular formula is C16H14BrClN2O3S. The minimum atomic E-state index is -3.76. The van der Waals surface area contributed by atoms with E-state index >= 15 is 0 Å². The maximum Gasteiger partial charge on any atom is 0.276 e. The number of benzene rings is 2. The molecule has 0 saturated carbocycles. The Kier molecular flexibility index (Phi) is 6.42. The highest BCUT2D eigenvalue weighted by Crippen LogP contribution is 2.22. The lowest BCUT2D eigenvalue weighted by Gasteiger charge is -2.08. The minimum Gasteiger partial charge on any atom is -0.489 e. The Morgan fingerprint density at radius 3 is 2.62 bits per heavy atom. The summed E-state index contributed by atoms with van der Waals surface area (Å²) in [5, 5.41) is 4.25. The third-order valence-corrected chi connectivity index (χ3v) is 4.81. The fraction of sp³-hybridized carbons (Fsp3) is 0.0625. The van der Waals surface area contributed by atoms with Crippen LogP contribution in [0.15, 0.2) is 69.6 Å². The monoisotopic (exact) mass is 428 g/mol. The van der Waals surface area contributed by atoms with E-state index in [1.165, 1.54) is 30.5 Å². The van der Waals surface area contributed by atoms with Crippen molar-refractivity contribution in [3.05, 3.63) is 70.2 Å². The molecular weight excluding hydrogens is 416 g/mol. The van der Waals surface area contributed by atoms with E-state index in [4.69, 9.17) is 16.3 Å². The van der Waals surface area contributed by atoms with Crippen molar-refractivity contribution in [2.75, 3.05) is 6.61 Å². The first-order valence-electron chi connectivity index (χ1n) is 6.76. The number of halogens is 2. The highest BCUT2D eigenvalue weighted by atomic mass is 79.9. The number of nitrogens with one attached hydrogen (secondary N) is 1. The Morgan fingerprint density at radius 2 is 1.96 bits per heavy atom. The number of hydrogen-bond acceptors (Lipinski definition) is 4. The topological polar surface area (TPSA) is 67.8 Å². The summed E-state index contributed by atoms with van der Waals surface area (Å²) in [4.78, 5) is 2.22. The van der Waals surface area contributed by atoms with Gasteiger partial charge in [-0.2, -0.15) is 13.5 Å². The number of sulfonamides is 1. The fourth-order valence-corrected chi connectivity index (χ4v) is 3.03. The molecule has 5 nitrogen and oxygen atoms in total. The highest BCUT2D eigenvalue weighted by Gasteiger charge is 2.12. The third kappa shape index (κ3) is 5.09. The van der Waals surface area contributed by atoms with Gasteiger partial charge in [-0.15, -0.1) is 0 Å². The summed E-state index contributed by atoms with van der Waals surface area (Å²) in [6, 6.07) is 11.1. The van der Waals surface area contributed by atoms with E-state index in [1.807, 2.05) is 6.07 Å². The van der Waals surface area contributed by atoms with Crippen LogP contribution >= 0.6 is 27.5 Å². The molecule has 0 saturated heterocycles. The van der Waals surface area contributed by atoms with E-state index < -0.39 is 10.0 Å². The van der Waals surface area contributed by atoms with Crippen LogP contribution < -0.4 is 9.57 Å². The number of hydrogen-bond donors (Lipinski definition) is 1. The molecule has 0 aliphatic carbocycles. The van der Waals surface area contributed by atoms with Crippen molar-refractivity contribution >= 4 is 43.8 Å². The van der Waals surface area contributed by atoms with E-state index in [0.717, 1.165) is 4.47 Å². The zero-order chi connectivity index (χ0) is 17.6. The van der Waals surface area contributed by atoms with Crippen molar-refractivity contribution in [1.82, 2.24) is 4.83 Å². The Labute approximate surface area is 154 Å². The summed E-state index contributed by atoms with van der Waals surface area (Å²) in [6.07, 6.45) is 2.99. The van der Waals surface area contributed by atoms with E-state index in [0.29, 0.717) is 22.9 Å². The predicted molar refractivity (Wildman–Crippen MR) is 99.2 cm³/mol. The quantitative estimate of drug-likeness (QED) is 0.411. The molecule has 8 heteroatoms. The minimum absolute atomic E-state index is 0.0708. The first-order valence-corrected chi connectivity index (χ1v) is 9.41. The van der Waals surface area contributed by atoms with Crippen molar-refractivity contribution in [2.24, 2.45) is 5.10 Å². The first-order chi connectivity index (χ1) is 11.4. The molecule has 0 atom stereocenters. The molecule has 0 aliphatic rings. The van der Waals surface area contributed by atoms with Crippen LogP contribution in [0.3, 0.4) is 0 Å². The van der Waals surface area contributed by atoms with Gasteiger partial charge in [-0.05, 0) is 42.5 Å².